The predicted molar refractivity (Wildman–Crippen MR) is 148 cm³/mol. The number of carbonyl (C=O) groups is 4. The number of ether oxygens (including phenoxy) is 1. The first kappa shape index (κ1) is 30.8. The van der Waals surface area contributed by atoms with Crippen LogP contribution >= 0.6 is 15.9 Å². The highest BCUT2D eigenvalue weighted by molar-refractivity contribution is 9.12. The fraction of sp³-hybridized carbons (Fsp3) is 0.290. The van der Waals surface area contributed by atoms with Crippen LogP contribution in [-0.2, 0) is 31.5 Å². The molecule has 6 rings (SSSR count). The number of phenolic OH excluding ortho intramolecular Hbond substituents is 1. The smallest absolute Gasteiger partial charge is 0.416 e. The maximum atomic E-state index is 14.0. The Bertz CT molecular complexity index is 1770. The Balaban J connectivity index is 1.50. The van der Waals surface area contributed by atoms with Gasteiger partial charge < -0.3 is 9.84 Å². The maximum absolute atomic E-state index is 14.0. The fourth-order valence-corrected chi connectivity index (χ4v) is 7.31. The first-order valence-corrected chi connectivity index (χ1v) is 14.3. The lowest BCUT2D eigenvalue weighted by Crippen LogP contribution is -2.39. The number of phenols is 1. The molecule has 2 amide bonds. The third-order valence-electron chi connectivity index (χ3n) is 8.71. The number of Topliss-reactive ketones (excluding diaryl/α,β-unsaturated/α-hetero) is 1. The van der Waals surface area contributed by atoms with E-state index < -0.39 is 76.2 Å². The van der Waals surface area contributed by atoms with Gasteiger partial charge in [-0.3, -0.25) is 19.2 Å². The van der Waals surface area contributed by atoms with E-state index in [9.17, 15) is 50.6 Å². The molecular formula is C31H20BrF6NO6. The predicted octanol–water partition coefficient (Wildman–Crippen LogP) is 6.41. The van der Waals surface area contributed by atoms with Gasteiger partial charge in [-0.15, -0.1) is 0 Å². The molecule has 1 fully saturated rings. The minimum atomic E-state index is -5.21. The van der Waals surface area contributed by atoms with Crippen molar-refractivity contribution in [1.29, 1.82) is 0 Å². The Kier molecular flexibility index (Phi) is 7.14. The summed E-state index contributed by atoms with van der Waals surface area (Å²) in [6.45, 7) is 0. The van der Waals surface area contributed by atoms with E-state index in [1.165, 1.54) is 25.3 Å². The molecule has 4 aliphatic rings. The Labute approximate surface area is 259 Å². The number of ketones is 2. The molecule has 45 heavy (non-hydrogen) atoms. The normalized spacial score (nSPS) is 25.1. The second kappa shape index (κ2) is 10.4. The zero-order valence-corrected chi connectivity index (χ0v) is 24.5. The van der Waals surface area contributed by atoms with Crippen molar-refractivity contribution in [3.63, 3.8) is 0 Å². The molecule has 0 saturated carbocycles. The molecule has 0 aromatic heterocycles. The topological polar surface area (TPSA) is 101 Å². The summed E-state index contributed by atoms with van der Waals surface area (Å²) >= 11 is 3.08. The van der Waals surface area contributed by atoms with Crippen molar-refractivity contribution in [3.8, 4) is 11.5 Å². The van der Waals surface area contributed by atoms with Crippen molar-refractivity contribution in [1.82, 2.24) is 0 Å². The van der Waals surface area contributed by atoms with E-state index in [1.807, 2.05) is 0 Å². The second-order valence-corrected chi connectivity index (χ2v) is 11.9. The van der Waals surface area contributed by atoms with Crippen molar-refractivity contribution < 1.29 is 55.4 Å². The van der Waals surface area contributed by atoms with Gasteiger partial charge in [-0.1, -0.05) is 17.7 Å². The van der Waals surface area contributed by atoms with Crippen LogP contribution in [0.25, 0.3) is 0 Å². The molecular weight excluding hydrogens is 676 g/mol. The lowest BCUT2D eigenvalue weighted by Gasteiger charge is -2.42. The quantitative estimate of drug-likeness (QED) is 0.173. The van der Waals surface area contributed by atoms with Gasteiger partial charge in [0.2, 0.25) is 11.8 Å². The van der Waals surface area contributed by atoms with Gasteiger partial charge in [0.25, 0.3) is 0 Å². The monoisotopic (exact) mass is 695 g/mol. The number of allylic oxidation sites excluding steroid dienone is 6. The zero-order chi connectivity index (χ0) is 32.7. The third kappa shape index (κ3) is 4.80. The average Bonchev–Trinajstić information content (AvgIpc) is 3.23. The Hall–Kier alpha value is -4.20. The molecule has 234 valence electrons. The summed E-state index contributed by atoms with van der Waals surface area (Å²) in [6, 6.07) is 4.89. The molecule has 0 unspecified atom stereocenters. The number of halogens is 7. The van der Waals surface area contributed by atoms with Crippen LogP contribution in [0.1, 0.15) is 35.4 Å². The minimum Gasteiger partial charge on any atom is -0.507 e. The standard InChI is InChI=1S/C31H20BrF6NO6/c1-45-22-4-2-3-20(40)26(22)25-15-5-6-16-23(17(15)10-18-24(25)21(41)11-19(32)27(18)42)29(44)39(28(16)43)14-8-12(30(33,34)35)7-13(9-14)31(36,37)38/h2-5,7-9,11,16-17,23,25,40H,6,10H2,1H3/t16-,17+,23-,25-/m0/s1. The minimum absolute atomic E-state index is 0.00427. The molecule has 7 nitrogen and oxygen atoms in total. The second-order valence-electron chi connectivity index (χ2n) is 11.1. The highest BCUT2D eigenvalue weighted by Gasteiger charge is 2.57. The number of nitrogens with zero attached hydrogens (tertiary/aromatic N) is 1. The van der Waals surface area contributed by atoms with Gasteiger partial charge >= 0.3 is 12.4 Å². The Morgan fingerprint density at radius 1 is 0.933 bits per heavy atom. The lowest BCUT2D eigenvalue weighted by atomic mass is 9.59. The van der Waals surface area contributed by atoms with E-state index in [2.05, 4.69) is 15.9 Å². The van der Waals surface area contributed by atoms with Gasteiger partial charge in [-0.05, 0) is 65.0 Å². The van der Waals surface area contributed by atoms with Crippen molar-refractivity contribution >= 4 is 45.0 Å². The van der Waals surface area contributed by atoms with E-state index in [-0.39, 0.29) is 51.6 Å². The van der Waals surface area contributed by atoms with Crippen LogP contribution in [0.3, 0.4) is 0 Å². The third-order valence-corrected chi connectivity index (χ3v) is 9.30. The van der Waals surface area contributed by atoms with Gasteiger partial charge in [0, 0.05) is 28.7 Å². The highest BCUT2D eigenvalue weighted by Crippen LogP contribution is 2.58. The number of anilines is 1. The summed E-state index contributed by atoms with van der Waals surface area (Å²) in [5.41, 5.74) is -3.71. The number of rotatable bonds is 3. The number of imide groups is 1. The number of benzene rings is 2. The first-order valence-electron chi connectivity index (χ1n) is 13.5. The van der Waals surface area contributed by atoms with Crippen LogP contribution in [0.4, 0.5) is 32.0 Å². The van der Waals surface area contributed by atoms with Crippen molar-refractivity contribution in [2.75, 3.05) is 12.0 Å². The largest absolute Gasteiger partial charge is 0.507 e. The summed E-state index contributed by atoms with van der Waals surface area (Å²) in [6.07, 6.45) is -8.11. The first-order chi connectivity index (χ1) is 21.0. The number of hydrogen-bond acceptors (Lipinski definition) is 6. The molecule has 3 aliphatic carbocycles. The molecule has 1 N–H and O–H groups in total. The van der Waals surface area contributed by atoms with Gasteiger partial charge in [0.15, 0.2) is 11.6 Å². The van der Waals surface area contributed by atoms with Gasteiger partial charge in [-0.25, -0.2) is 4.90 Å². The number of aromatic hydroxyl groups is 1. The Morgan fingerprint density at radius 3 is 2.18 bits per heavy atom. The number of carbonyl (C=O) groups excluding carboxylic acids is 4. The highest BCUT2D eigenvalue weighted by atomic mass is 79.9. The summed E-state index contributed by atoms with van der Waals surface area (Å²) in [5, 5.41) is 11.0. The van der Waals surface area contributed by atoms with E-state index in [4.69, 9.17) is 4.74 Å². The van der Waals surface area contributed by atoms with E-state index >= 15 is 0 Å². The van der Waals surface area contributed by atoms with Crippen LogP contribution in [0.15, 0.2) is 69.8 Å². The molecule has 14 heteroatoms. The van der Waals surface area contributed by atoms with Gasteiger partial charge in [0.1, 0.15) is 11.5 Å². The van der Waals surface area contributed by atoms with Crippen molar-refractivity contribution in [2.24, 2.45) is 17.8 Å². The van der Waals surface area contributed by atoms with E-state index in [0.717, 1.165) is 6.08 Å². The van der Waals surface area contributed by atoms with Crippen LogP contribution in [0.5, 0.6) is 11.5 Å². The van der Waals surface area contributed by atoms with Crippen molar-refractivity contribution in [3.05, 3.63) is 86.4 Å². The van der Waals surface area contributed by atoms with E-state index in [1.54, 1.807) is 6.08 Å². The molecule has 2 aromatic rings. The van der Waals surface area contributed by atoms with Crippen LogP contribution < -0.4 is 9.64 Å². The van der Waals surface area contributed by atoms with Gasteiger partial charge in [-0.2, -0.15) is 26.3 Å². The van der Waals surface area contributed by atoms with Gasteiger partial charge in [0.05, 0.1) is 40.2 Å². The number of amides is 2. The number of fused-ring (bicyclic) bond motifs is 3. The molecule has 4 atom stereocenters. The fourth-order valence-electron chi connectivity index (χ4n) is 6.86. The molecule has 2 aromatic carbocycles. The van der Waals surface area contributed by atoms with Crippen molar-refractivity contribution in [2.45, 2.75) is 31.1 Å². The van der Waals surface area contributed by atoms with Crippen LogP contribution in [0, 0.1) is 17.8 Å². The molecule has 0 spiro atoms. The molecule has 1 heterocycles. The molecule has 0 bridgehead atoms. The number of alkyl halides is 6. The number of methoxy groups -OCH3 is 1. The molecule has 1 aliphatic heterocycles. The summed E-state index contributed by atoms with van der Waals surface area (Å²) < 4.78 is 87.1. The van der Waals surface area contributed by atoms with Crippen LogP contribution in [0.2, 0.25) is 0 Å². The average molecular weight is 696 g/mol. The SMILES string of the molecule is COc1cccc(O)c1[C@H]1C2=CC[C@@H]3C(=O)N(c4cc(C(F)(F)F)cc(C(F)(F)F)c4)C(=O)[C@@H]3[C@@H]2CC2=C1C(=O)C=C(Br)C2=O. The molecule has 1 saturated heterocycles. The van der Waals surface area contributed by atoms with Crippen LogP contribution in [-0.4, -0.2) is 35.6 Å². The number of hydrogen-bond donors (Lipinski definition) is 1. The lowest BCUT2D eigenvalue weighted by molar-refractivity contribution is -0.143. The molecule has 0 radical (unpaired) electrons. The zero-order valence-electron chi connectivity index (χ0n) is 22.9. The Morgan fingerprint density at radius 2 is 1.58 bits per heavy atom. The maximum Gasteiger partial charge on any atom is 0.416 e. The summed E-state index contributed by atoms with van der Waals surface area (Å²) in [4.78, 5) is 54.7. The van der Waals surface area contributed by atoms with E-state index in [0.29, 0.717) is 22.6 Å². The summed E-state index contributed by atoms with van der Waals surface area (Å²) in [5.74, 6) is -7.82. The summed E-state index contributed by atoms with van der Waals surface area (Å²) in [7, 11) is 1.32.